The Hall–Kier alpha value is -0.820. The zero-order valence-electron chi connectivity index (χ0n) is 11.0. The lowest BCUT2D eigenvalue weighted by molar-refractivity contribution is -0.172. The van der Waals surface area contributed by atoms with Crippen LogP contribution in [0.25, 0.3) is 0 Å². The Morgan fingerprint density at radius 2 is 1.83 bits per heavy atom. The summed E-state index contributed by atoms with van der Waals surface area (Å²) in [5, 5.41) is 0. The monoisotopic (exact) mass is 270 g/mol. The molecule has 1 amide bonds. The number of rotatable bonds is 7. The molecule has 0 heterocycles. The molecule has 0 radical (unpaired) electrons. The molecule has 0 aromatic heterocycles. The van der Waals surface area contributed by atoms with Crippen LogP contribution in [-0.2, 0) is 9.53 Å². The number of carbonyl (C=O) groups excluding carboxylic acids is 1. The van der Waals surface area contributed by atoms with Gasteiger partial charge < -0.3 is 15.4 Å². The molecule has 0 aliphatic rings. The molecular weight excluding hydrogens is 249 g/mol. The lowest BCUT2D eigenvalue weighted by Crippen LogP contribution is -2.51. The maximum Gasteiger partial charge on any atom is 0.406 e. The highest BCUT2D eigenvalue weighted by molar-refractivity contribution is 5.81. The molecule has 0 aliphatic heterocycles. The smallest absolute Gasteiger partial charge is 0.370 e. The minimum absolute atomic E-state index is 0.135. The zero-order chi connectivity index (χ0) is 14.3. The van der Waals surface area contributed by atoms with Gasteiger partial charge in [-0.15, -0.1) is 0 Å². The third kappa shape index (κ3) is 5.22. The first-order chi connectivity index (χ1) is 8.30. The van der Waals surface area contributed by atoms with E-state index < -0.39 is 30.8 Å². The summed E-state index contributed by atoms with van der Waals surface area (Å²) in [4.78, 5) is 12.8. The topological polar surface area (TPSA) is 55.6 Å². The van der Waals surface area contributed by atoms with Crippen LogP contribution in [0.4, 0.5) is 13.2 Å². The van der Waals surface area contributed by atoms with Gasteiger partial charge in [0.2, 0.25) is 0 Å². The third-order valence-corrected chi connectivity index (χ3v) is 2.79. The van der Waals surface area contributed by atoms with Crippen LogP contribution in [0.2, 0.25) is 0 Å². The van der Waals surface area contributed by atoms with Crippen molar-refractivity contribution in [1.82, 2.24) is 4.90 Å². The average Bonchev–Trinajstić information content (AvgIpc) is 2.29. The molecule has 0 rings (SSSR count). The zero-order valence-corrected chi connectivity index (χ0v) is 11.0. The van der Waals surface area contributed by atoms with E-state index in [4.69, 9.17) is 10.5 Å². The Morgan fingerprint density at radius 1 is 1.33 bits per heavy atom. The Bertz CT molecular complexity index is 251. The number of methoxy groups -OCH3 is 1. The van der Waals surface area contributed by atoms with Crippen LogP contribution in [0.15, 0.2) is 0 Å². The van der Waals surface area contributed by atoms with E-state index in [1.807, 2.05) is 0 Å². The highest BCUT2D eigenvalue weighted by Gasteiger charge is 2.37. The van der Waals surface area contributed by atoms with Gasteiger partial charge in [-0.05, 0) is 12.8 Å². The summed E-state index contributed by atoms with van der Waals surface area (Å²) in [7, 11) is 1.26. The molecular formula is C11H21F3N2O2. The van der Waals surface area contributed by atoms with Gasteiger partial charge in [-0.1, -0.05) is 13.8 Å². The molecule has 7 heteroatoms. The summed E-state index contributed by atoms with van der Waals surface area (Å²) in [5.41, 5.74) is 5.32. The van der Waals surface area contributed by atoms with Crippen LogP contribution < -0.4 is 5.73 Å². The fourth-order valence-corrected chi connectivity index (χ4v) is 1.79. The number of carbonyl (C=O) groups is 1. The largest absolute Gasteiger partial charge is 0.406 e. The number of alkyl halides is 3. The van der Waals surface area contributed by atoms with Crippen molar-refractivity contribution in [3.63, 3.8) is 0 Å². The van der Waals surface area contributed by atoms with E-state index in [1.54, 1.807) is 13.8 Å². The normalized spacial score (nSPS) is 13.8. The minimum Gasteiger partial charge on any atom is -0.370 e. The Morgan fingerprint density at radius 3 is 2.11 bits per heavy atom. The molecule has 108 valence electrons. The van der Waals surface area contributed by atoms with Crippen LogP contribution in [0.5, 0.6) is 0 Å². The molecule has 0 fully saturated rings. The van der Waals surface area contributed by atoms with Crippen LogP contribution in [-0.4, -0.2) is 49.3 Å². The second kappa shape index (κ2) is 7.58. The number of hydrogen-bond acceptors (Lipinski definition) is 3. The molecule has 1 atom stereocenters. The van der Waals surface area contributed by atoms with Crippen LogP contribution in [0.3, 0.4) is 0 Å². The number of nitrogens with zero attached hydrogens (tertiary/aromatic N) is 1. The van der Waals surface area contributed by atoms with Gasteiger partial charge in [0.05, 0.1) is 0 Å². The maximum absolute atomic E-state index is 12.5. The van der Waals surface area contributed by atoms with Crippen molar-refractivity contribution < 1.29 is 22.7 Å². The van der Waals surface area contributed by atoms with Crippen LogP contribution >= 0.6 is 0 Å². The van der Waals surface area contributed by atoms with Gasteiger partial charge >= 0.3 is 6.18 Å². The molecule has 0 bridgehead atoms. The Kier molecular flexibility index (Phi) is 7.23. The van der Waals surface area contributed by atoms with Crippen molar-refractivity contribution in [2.75, 3.05) is 20.2 Å². The van der Waals surface area contributed by atoms with Gasteiger partial charge in [-0.25, -0.2) is 0 Å². The predicted molar refractivity (Wildman–Crippen MR) is 62.0 cm³/mol. The summed E-state index contributed by atoms with van der Waals surface area (Å²) in [6.07, 6.45) is -4.53. The molecule has 0 aromatic rings. The molecule has 1 unspecified atom stereocenters. The van der Waals surface area contributed by atoms with Gasteiger partial charge in [-0.2, -0.15) is 13.2 Å². The summed E-state index contributed by atoms with van der Waals surface area (Å²) < 4.78 is 42.3. The highest BCUT2D eigenvalue weighted by atomic mass is 19.4. The van der Waals surface area contributed by atoms with E-state index in [0.29, 0.717) is 12.8 Å². The Balaban J connectivity index is 5.01. The van der Waals surface area contributed by atoms with Crippen LogP contribution in [0, 0.1) is 0 Å². The molecule has 0 aliphatic carbocycles. The summed E-state index contributed by atoms with van der Waals surface area (Å²) in [6.45, 7) is 2.09. The van der Waals surface area contributed by atoms with Crippen molar-refractivity contribution in [1.29, 1.82) is 0 Å². The Labute approximate surface area is 105 Å². The lowest BCUT2D eigenvalue weighted by atomic mass is 10.1. The van der Waals surface area contributed by atoms with E-state index in [1.165, 1.54) is 7.11 Å². The van der Waals surface area contributed by atoms with Gasteiger partial charge in [0.25, 0.3) is 5.91 Å². The van der Waals surface area contributed by atoms with E-state index in [9.17, 15) is 18.0 Å². The summed E-state index contributed by atoms with van der Waals surface area (Å²) in [6, 6.07) is -0.455. The number of ether oxygens (including phenoxy) is 1. The van der Waals surface area contributed by atoms with Gasteiger partial charge in [0, 0.05) is 19.7 Å². The van der Waals surface area contributed by atoms with Gasteiger partial charge in [0.1, 0.15) is 12.6 Å². The van der Waals surface area contributed by atoms with Crippen molar-refractivity contribution in [2.24, 2.45) is 5.73 Å². The predicted octanol–water partition coefficient (Wildman–Crippen LogP) is 1.54. The highest BCUT2D eigenvalue weighted by Crippen LogP contribution is 2.21. The number of nitrogens with two attached hydrogens (primary N) is 1. The van der Waals surface area contributed by atoms with Crippen molar-refractivity contribution in [3.05, 3.63) is 0 Å². The van der Waals surface area contributed by atoms with Gasteiger partial charge in [-0.3, -0.25) is 4.79 Å². The van der Waals surface area contributed by atoms with Gasteiger partial charge in [0.15, 0.2) is 0 Å². The first-order valence-corrected chi connectivity index (χ1v) is 5.90. The second-order valence-electron chi connectivity index (χ2n) is 4.01. The first kappa shape index (κ1) is 17.2. The quantitative estimate of drug-likeness (QED) is 0.763. The SMILES string of the molecule is CCC(CC)N(CC(F)(F)F)C(=O)C(CN)OC. The molecule has 4 nitrogen and oxygen atoms in total. The minimum atomic E-state index is -4.43. The van der Waals surface area contributed by atoms with E-state index in [0.717, 1.165) is 4.90 Å². The number of hydrogen-bond donors (Lipinski definition) is 1. The van der Waals surface area contributed by atoms with E-state index in [-0.39, 0.29) is 6.54 Å². The number of amides is 1. The fourth-order valence-electron chi connectivity index (χ4n) is 1.79. The first-order valence-electron chi connectivity index (χ1n) is 5.90. The van der Waals surface area contributed by atoms with E-state index in [2.05, 4.69) is 0 Å². The van der Waals surface area contributed by atoms with Crippen LogP contribution in [0.1, 0.15) is 26.7 Å². The lowest BCUT2D eigenvalue weighted by Gasteiger charge is -2.33. The molecule has 0 saturated carbocycles. The molecule has 2 N–H and O–H groups in total. The molecule has 0 saturated heterocycles. The summed E-state index contributed by atoms with van der Waals surface area (Å²) >= 11 is 0. The molecule has 18 heavy (non-hydrogen) atoms. The molecule has 0 spiro atoms. The van der Waals surface area contributed by atoms with E-state index >= 15 is 0 Å². The fraction of sp³-hybridized carbons (Fsp3) is 0.909. The standard InChI is InChI=1S/C11H21F3N2O2/c1-4-8(5-2)16(7-11(12,13)14)10(17)9(6-15)18-3/h8-9H,4-7,15H2,1-3H3. The van der Waals surface area contributed by atoms with Crippen molar-refractivity contribution in [2.45, 2.75) is 45.0 Å². The van der Waals surface area contributed by atoms with Crippen molar-refractivity contribution >= 4 is 5.91 Å². The number of halogens is 3. The second-order valence-corrected chi connectivity index (χ2v) is 4.01. The average molecular weight is 270 g/mol. The maximum atomic E-state index is 12.5. The molecule has 0 aromatic carbocycles. The summed E-state index contributed by atoms with van der Waals surface area (Å²) in [5.74, 6) is -0.703. The third-order valence-electron chi connectivity index (χ3n) is 2.79. The van der Waals surface area contributed by atoms with Crippen molar-refractivity contribution in [3.8, 4) is 0 Å².